The van der Waals surface area contributed by atoms with Gasteiger partial charge >= 0.3 is 6.09 Å². The summed E-state index contributed by atoms with van der Waals surface area (Å²) in [6.45, 7) is 3.05. The van der Waals surface area contributed by atoms with Crippen molar-refractivity contribution in [2.24, 2.45) is 17.8 Å². The van der Waals surface area contributed by atoms with Gasteiger partial charge in [-0.25, -0.2) is 4.79 Å². The number of hydrogen-bond acceptors (Lipinski definition) is 2. The number of nitrogens with one attached hydrogen (secondary N) is 1. The first kappa shape index (κ1) is 25.6. The minimum Gasteiger partial charge on any atom is -0.443 e. The Bertz CT molecular complexity index is 520. The molecule has 0 radical (unpaired) electrons. The molecular formula is C29H51NO2. The third-order valence-electron chi connectivity index (χ3n) is 8.25. The van der Waals surface area contributed by atoms with Crippen LogP contribution < -0.4 is 5.32 Å². The van der Waals surface area contributed by atoms with E-state index in [0.717, 1.165) is 50.0 Å². The SMILES string of the molecule is CCCCCCCC/C=C\CCCCCCCCNC(=O)OC12CC3CC(CC(C3)C1)C2. The molecule has 4 fully saturated rings. The standard InChI is InChI=1S/C29H51NO2/c1-2-3-4-5-6-7-8-9-10-11-12-13-14-15-16-17-18-30-28(31)32-29-22-25-19-26(23-29)21-27(20-25)24-29/h9-10,25-27H,2-8,11-24H2,1H3,(H,30,31)/b10-9-. The molecule has 0 atom stereocenters. The molecule has 0 aromatic rings. The summed E-state index contributed by atoms with van der Waals surface area (Å²) in [7, 11) is 0. The van der Waals surface area contributed by atoms with E-state index in [0.29, 0.717) is 0 Å². The molecule has 0 unspecified atom stereocenters. The predicted molar refractivity (Wildman–Crippen MR) is 135 cm³/mol. The van der Waals surface area contributed by atoms with Gasteiger partial charge in [0.15, 0.2) is 0 Å². The fourth-order valence-corrected chi connectivity index (χ4v) is 6.95. The average molecular weight is 446 g/mol. The van der Waals surface area contributed by atoms with Gasteiger partial charge in [0, 0.05) is 6.54 Å². The Morgan fingerprint density at radius 1 is 0.750 bits per heavy atom. The first-order valence-corrected chi connectivity index (χ1v) is 14.3. The summed E-state index contributed by atoms with van der Waals surface area (Å²) in [5.41, 5.74) is -0.109. The molecule has 0 spiro atoms. The largest absolute Gasteiger partial charge is 0.443 e. The van der Waals surface area contributed by atoms with Crippen LogP contribution in [0.5, 0.6) is 0 Å². The molecule has 3 heteroatoms. The number of carbonyl (C=O) groups excluding carboxylic acids is 1. The molecule has 0 heterocycles. The molecular weight excluding hydrogens is 394 g/mol. The van der Waals surface area contributed by atoms with E-state index in [2.05, 4.69) is 24.4 Å². The fourth-order valence-electron chi connectivity index (χ4n) is 6.95. The van der Waals surface area contributed by atoms with Crippen molar-refractivity contribution in [3.8, 4) is 0 Å². The van der Waals surface area contributed by atoms with Gasteiger partial charge in [-0.05, 0) is 88.4 Å². The number of allylic oxidation sites excluding steroid dienone is 2. The van der Waals surface area contributed by atoms with Gasteiger partial charge in [-0.3, -0.25) is 0 Å². The second-order valence-electron chi connectivity index (χ2n) is 11.4. The molecule has 0 saturated heterocycles. The zero-order valence-electron chi connectivity index (χ0n) is 21.1. The maximum Gasteiger partial charge on any atom is 0.407 e. The molecule has 4 bridgehead atoms. The number of unbranched alkanes of at least 4 members (excludes halogenated alkanes) is 12. The third-order valence-corrected chi connectivity index (χ3v) is 8.25. The average Bonchev–Trinajstić information content (AvgIpc) is 2.74. The van der Waals surface area contributed by atoms with Crippen LogP contribution in [0.2, 0.25) is 0 Å². The van der Waals surface area contributed by atoms with E-state index >= 15 is 0 Å². The van der Waals surface area contributed by atoms with Crippen molar-refractivity contribution in [1.82, 2.24) is 5.32 Å². The van der Waals surface area contributed by atoms with Crippen LogP contribution in [0.3, 0.4) is 0 Å². The van der Waals surface area contributed by atoms with Crippen molar-refractivity contribution >= 4 is 6.09 Å². The molecule has 4 aliphatic rings. The lowest BCUT2D eigenvalue weighted by atomic mass is 9.54. The maximum atomic E-state index is 12.3. The molecule has 1 amide bonds. The van der Waals surface area contributed by atoms with Crippen molar-refractivity contribution in [3.05, 3.63) is 12.2 Å². The van der Waals surface area contributed by atoms with Crippen molar-refractivity contribution in [2.45, 2.75) is 141 Å². The minimum absolute atomic E-state index is 0.109. The highest BCUT2D eigenvalue weighted by atomic mass is 16.6. The Morgan fingerprint density at radius 3 is 1.75 bits per heavy atom. The van der Waals surface area contributed by atoms with Gasteiger partial charge in [0.2, 0.25) is 0 Å². The highest BCUT2D eigenvalue weighted by Crippen LogP contribution is 2.57. The van der Waals surface area contributed by atoms with Crippen molar-refractivity contribution in [1.29, 1.82) is 0 Å². The molecule has 4 aliphatic carbocycles. The van der Waals surface area contributed by atoms with Gasteiger partial charge in [0.05, 0.1) is 0 Å². The zero-order chi connectivity index (χ0) is 22.5. The summed E-state index contributed by atoms with van der Waals surface area (Å²) in [6.07, 6.45) is 30.6. The van der Waals surface area contributed by atoms with Crippen molar-refractivity contribution in [2.75, 3.05) is 6.54 Å². The minimum atomic E-state index is -0.153. The van der Waals surface area contributed by atoms with Gasteiger partial charge in [-0.1, -0.05) is 76.9 Å². The summed E-state index contributed by atoms with van der Waals surface area (Å²) in [5.74, 6) is 2.47. The van der Waals surface area contributed by atoms with Crippen molar-refractivity contribution < 1.29 is 9.53 Å². The van der Waals surface area contributed by atoms with Crippen LogP contribution in [0.1, 0.15) is 135 Å². The van der Waals surface area contributed by atoms with E-state index < -0.39 is 0 Å². The third kappa shape index (κ3) is 9.10. The summed E-state index contributed by atoms with van der Waals surface area (Å²) in [6, 6.07) is 0. The molecule has 32 heavy (non-hydrogen) atoms. The number of rotatable bonds is 17. The highest BCUT2D eigenvalue weighted by Gasteiger charge is 2.53. The molecule has 0 aliphatic heterocycles. The first-order chi connectivity index (χ1) is 15.7. The summed E-state index contributed by atoms with van der Waals surface area (Å²) < 4.78 is 6.02. The Hall–Kier alpha value is -0.990. The number of hydrogen-bond donors (Lipinski definition) is 1. The second-order valence-corrected chi connectivity index (χ2v) is 11.4. The van der Waals surface area contributed by atoms with E-state index in [1.54, 1.807) is 0 Å². The van der Waals surface area contributed by atoms with Crippen LogP contribution in [0, 0.1) is 17.8 Å². The normalized spacial score (nSPS) is 28.5. The Labute approximate surface area is 198 Å². The van der Waals surface area contributed by atoms with Crippen LogP contribution in [-0.4, -0.2) is 18.2 Å². The van der Waals surface area contributed by atoms with Gasteiger partial charge in [0.1, 0.15) is 5.60 Å². The van der Waals surface area contributed by atoms with E-state index in [1.807, 2.05) is 0 Å². The van der Waals surface area contributed by atoms with E-state index in [-0.39, 0.29) is 11.7 Å². The fraction of sp³-hybridized carbons (Fsp3) is 0.897. The number of amides is 1. The van der Waals surface area contributed by atoms with Crippen molar-refractivity contribution in [3.63, 3.8) is 0 Å². The molecule has 3 nitrogen and oxygen atoms in total. The second kappa shape index (κ2) is 14.3. The topological polar surface area (TPSA) is 38.3 Å². The predicted octanol–water partition coefficient (Wildman–Crippen LogP) is 8.72. The van der Waals surface area contributed by atoms with Crippen LogP contribution in [0.4, 0.5) is 4.79 Å². The Balaban J connectivity index is 1.08. The van der Waals surface area contributed by atoms with Gasteiger partial charge in [-0.2, -0.15) is 0 Å². The van der Waals surface area contributed by atoms with Gasteiger partial charge in [-0.15, -0.1) is 0 Å². The molecule has 0 aromatic carbocycles. The van der Waals surface area contributed by atoms with Crippen LogP contribution in [-0.2, 0) is 4.74 Å². The van der Waals surface area contributed by atoms with E-state index in [1.165, 1.54) is 103 Å². The monoisotopic (exact) mass is 445 g/mol. The van der Waals surface area contributed by atoms with Crippen LogP contribution in [0.15, 0.2) is 12.2 Å². The van der Waals surface area contributed by atoms with Crippen LogP contribution >= 0.6 is 0 Å². The first-order valence-electron chi connectivity index (χ1n) is 14.3. The van der Waals surface area contributed by atoms with Crippen LogP contribution in [0.25, 0.3) is 0 Å². The lowest BCUT2D eigenvalue weighted by Crippen LogP contribution is -2.53. The maximum absolute atomic E-state index is 12.3. The molecule has 4 rings (SSSR count). The van der Waals surface area contributed by atoms with Gasteiger partial charge in [0.25, 0.3) is 0 Å². The smallest absolute Gasteiger partial charge is 0.407 e. The quantitative estimate of drug-likeness (QED) is 0.179. The summed E-state index contributed by atoms with van der Waals surface area (Å²) >= 11 is 0. The van der Waals surface area contributed by atoms with Gasteiger partial charge < -0.3 is 10.1 Å². The lowest BCUT2D eigenvalue weighted by Gasteiger charge is -2.55. The van der Waals surface area contributed by atoms with E-state index in [9.17, 15) is 4.79 Å². The molecule has 184 valence electrons. The summed E-state index contributed by atoms with van der Waals surface area (Å²) in [5, 5.41) is 3.04. The molecule has 0 aromatic heterocycles. The number of ether oxygens (including phenoxy) is 1. The molecule has 4 saturated carbocycles. The van der Waals surface area contributed by atoms with E-state index in [4.69, 9.17) is 4.74 Å². The number of carbonyl (C=O) groups is 1. The lowest BCUT2D eigenvalue weighted by molar-refractivity contribution is -0.127. The highest BCUT2D eigenvalue weighted by molar-refractivity contribution is 5.67. The summed E-state index contributed by atoms with van der Waals surface area (Å²) in [4.78, 5) is 12.3. The zero-order valence-corrected chi connectivity index (χ0v) is 21.1. The Morgan fingerprint density at radius 2 is 1.22 bits per heavy atom. The molecule has 1 N–H and O–H groups in total. The number of alkyl carbamates (subject to hydrolysis) is 1. The Kier molecular flexibility index (Phi) is 11.5.